The maximum absolute atomic E-state index is 13.1. The lowest BCUT2D eigenvalue weighted by Gasteiger charge is -2.44. The third-order valence-corrected chi connectivity index (χ3v) is 10.9. The molecule has 7 nitrogen and oxygen atoms in total. The van der Waals surface area contributed by atoms with Crippen LogP contribution in [0.25, 0.3) is 0 Å². The van der Waals surface area contributed by atoms with Crippen molar-refractivity contribution >= 4 is 39.0 Å². The molecule has 220 valence electrons. The van der Waals surface area contributed by atoms with Crippen LogP contribution >= 0.6 is 11.6 Å². The summed E-state index contributed by atoms with van der Waals surface area (Å²) >= 11 is 6.37. The number of benzene rings is 2. The first-order chi connectivity index (χ1) is 19.5. The number of allylic oxidation sites excluding steroid dienone is 2. The second-order valence-electron chi connectivity index (χ2n) is 12.0. The number of hydrogen-bond acceptors (Lipinski definition) is 6. The number of sulfonamides is 1. The Kier molecular flexibility index (Phi) is 8.53. The highest BCUT2D eigenvalue weighted by atomic mass is 35.5. The molecule has 0 aromatic heterocycles. The minimum absolute atomic E-state index is 0.0264. The minimum Gasteiger partial charge on any atom is -0.490 e. The molecule has 1 heterocycles. The first-order valence-electron chi connectivity index (χ1n) is 14.6. The summed E-state index contributed by atoms with van der Waals surface area (Å²) in [5.74, 6) is 0.313. The van der Waals surface area contributed by atoms with Gasteiger partial charge < -0.3 is 9.64 Å². The maximum Gasteiger partial charge on any atom is 0.264 e. The molecule has 2 aromatic carbocycles. The number of fused-ring (bicyclic) bond motifs is 3. The van der Waals surface area contributed by atoms with Crippen molar-refractivity contribution in [1.82, 2.24) is 4.72 Å². The highest BCUT2D eigenvalue weighted by molar-refractivity contribution is 7.90. The summed E-state index contributed by atoms with van der Waals surface area (Å²) in [5.41, 5.74) is 3.18. The highest BCUT2D eigenvalue weighted by Gasteiger charge is 2.44. The van der Waals surface area contributed by atoms with E-state index < -0.39 is 21.2 Å². The minimum atomic E-state index is -3.78. The number of rotatable bonds is 8. The summed E-state index contributed by atoms with van der Waals surface area (Å²) in [6, 6.07) is 11.2. The van der Waals surface area contributed by atoms with Crippen molar-refractivity contribution in [3.8, 4) is 5.75 Å². The summed E-state index contributed by atoms with van der Waals surface area (Å²) in [4.78, 5) is 28.2. The summed E-state index contributed by atoms with van der Waals surface area (Å²) in [7, 11) is -3.78. The van der Waals surface area contributed by atoms with Gasteiger partial charge in [0, 0.05) is 35.0 Å². The van der Waals surface area contributed by atoms with Gasteiger partial charge in [-0.25, -0.2) is 13.1 Å². The molecule has 0 bridgehead atoms. The summed E-state index contributed by atoms with van der Waals surface area (Å²) in [5, 5.41) is -0.0138. The van der Waals surface area contributed by atoms with E-state index >= 15 is 0 Å². The van der Waals surface area contributed by atoms with Crippen molar-refractivity contribution in [3.63, 3.8) is 0 Å². The predicted octanol–water partition coefficient (Wildman–Crippen LogP) is 5.84. The van der Waals surface area contributed by atoms with E-state index in [0.29, 0.717) is 25.4 Å². The number of hydrogen-bond donors (Lipinski definition) is 1. The standard InChI is InChI=1S/C32H39ClN2O5S/c1-4-5-8-29(36)26-12-9-24(26)18-35-19-32(15-6-7-22-16-25(33)11-13-27(22)32)20-40-30-14-10-23(17-28(30)35)31(37)34-41(38,39)21(2)3/h5,8,10-11,13-14,16-17,21,24,26H,4,6-7,9,12,15,18-20H2,1-3H3,(H,34,37)/b8-5+/t24-,26+,32-/m0/s1. The van der Waals surface area contributed by atoms with Gasteiger partial charge in [-0.15, -0.1) is 0 Å². The SMILES string of the molecule is CC/C=C/C(=O)[C@@H]1CC[C@H]1CN1C[C@@]2(CCCc3cc(Cl)ccc32)COc2ccc(C(=O)NS(=O)(=O)C(C)C)cc21. The van der Waals surface area contributed by atoms with Gasteiger partial charge in [-0.1, -0.05) is 30.7 Å². The van der Waals surface area contributed by atoms with Gasteiger partial charge in [0.1, 0.15) is 5.75 Å². The monoisotopic (exact) mass is 598 g/mol. The Balaban J connectivity index is 1.51. The van der Waals surface area contributed by atoms with E-state index in [9.17, 15) is 18.0 Å². The van der Waals surface area contributed by atoms with Gasteiger partial charge in [0.05, 0.1) is 17.5 Å². The van der Waals surface area contributed by atoms with Crippen LogP contribution in [0.3, 0.4) is 0 Å². The van der Waals surface area contributed by atoms with Crippen LogP contribution < -0.4 is 14.4 Å². The van der Waals surface area contributed by atoms with Crippen molar-refractivity contribution in [2.45, 2.75) is 70.0 Å². The molecule has 9 heteroatoms. The van der Waals surface area contributed by atoms with Crippen molar-refractivity contribution < 1.29 is 22.7 Å². The number of nitrogens with zero attached hydrogens (tertiary/aromatic N) is 1. The quantitative estimate of drug-likeness (QED) is 0.384. The maximum atomic E-state index is 13.1. The van der Waals surface area contributed by atoms with Crippen molar-refractivity contribution in [3.05, 3.63) is 70.3 Å². The smallest absolute Gasteiger partial charge is 0.264 e. The van der Waals surface area contributed by atoms with Crippen LogP contribution in [0.15, 0.2) is 48.6 Å². The topological polar surface area (TPSA) is 92.8 Å². The Bertz CT molecular complexity index is 1470. The number of carbonyl (C=O) groups is 2. The van der Waals surface area contributed by atoms with E-state index in [4.69, 9.17) is 16.3 Å². The molecular formula is C32H39ClN2O5S. The van der Waals surface area contributed by atoms with Crippen LogP contribution in [0.2, 0.25) is 5.02 Å². The first kappa shape index (κ1) is 29.6. The number of aryl methyl sites for hydroxylation is 1. The van der Waals surface area contributed by atoms with Gasteiger partial charge >= 0.3 is 0 Å². The average Bonchev–Trinajstić information content (AvgIpc) is 3.06. The molecule has 1 amide bonds. The van der Waals surface area contributed by atoms with Crippen LogP contribution in [0.4, 0.5) is 5.69 Å². The largest absolute Gasteiger partial charge is 0.490 e. The number of ether oxygens (including phenoxy) is 1. The second-order valence-corrected chi connectivity index (χ2v) is 14.6. The molecule has 1 spiro atoms. The van der Waals surface area contributed by atoms with Gasteiger partial charge in [0.2, 0.25) is 10.0 Å². The second kappa shape index (κ2) is 11.8. The number of ketones is 1. The molecule has 5 rings (SSSR count). The third-order valence-electron chi connectivity index (χ3n) is 8.91. The van der Waals surface area contributed by atoms with Gasteiger partial charge in [0.25, 0.3) is 5.91 Å². The van der Waals surface area contributed by atoms with Crippen LogP contribution in [0, 0.1) is 11.8 Å². The number of anilines is 1. The number of amides is 1. The van der Waals surface area contributed by atoms with Crippen LogP contribution in [-0.4, -0.2) is 45.1 Å². The molecule has 2 aromatic rings. The molecule has 3 atom stereocenters. The fraction of sp³-hybridized carbons (Fsp3) is 0.500. The Labute approximate surface area is 248 Å². The Morgan fingerprint density at radius 1 is 1.20 bits per heavy atom. The fourth-order valence-electron chi connectivity index (χ4n) is 6.36. The molecule has 2 aliphatic carbocycles. The van der Waals surface area contributed by atoms with Crippen LogP contribution in [-0.2, 0) is 26.7 Å². The Hall–Kier alpha value is -2.84. The lowest BCUT2D eigenvalue weighted by molar-refractivity contribution is -0.122. The Morgan fingerprint density at radius 3 is 2.71 bits per heavy atom. The van der Waals surface area contributed by atoms with E-state index in [1.54, 1.807) is 24.3 Å². The van der Waals surface area contributed by atoms with E-state index in [1.807, 2.05) is 19.1 Å². The summed E-state index contributed by atoms with van der Waals surface area (Å²) in [6.07, 6.45) is 9.20. The van der Waals surface area contributed by atoms with E-state index in [1.165, 1.54) is 25.0 Å². The fourth-order valence-corrected chi connectivity index (χ4v) is 7.17. The van der Waals surface area contributed by atoms with Crippen LogP contribution in [0.1, 0.15) is 74.4 Å². The van der Waals surface area contributed by atoms with E-state index in [2.05, 4.69) is 21.8 Å². The van der Waals surface area contributed by atoms with Crippen LogP contribution in [0.5, 0.6) is 5.75 Å². The van der Waals surface area contributed by atoms with Gasteiger partial charge in [-0.05, 0) is 106 Å². The average molecular weight is 599 g/mol. The number of halogens is 1. The lowest BCUT2D eigenvalue weighted by atomic mass is 9.68. The first-order valence-corrected chi connectivity index (χ1v) is 16.5. The third kappa shape index (κ3) is 6.05. The van der Waals surface area contributed by atoms with Crippen molar-refractivity contribution in [2.24, 2.45) is 11.8 Å². The molecule has 1 fully saturated rings. The van der Waals surface area contributed by atoms with E-state index in [0.717, 1.165) is 49.2 Å². The zero-order chi connectivity index (χ0) is 29.4. The van der Waals surface area contributed by atoms with Crippen molar-refractivity contribution in [2.75, 3.05) is 24.6 Å². The molecule has 1 saturated carbocycles. The molecule has 0 unspecified atom stereocenters. The van der Waals surface area contributed by atoms with Crippen molar-refractivity contribution in [1.29, 1.82) is 0 Å². The molecule has 1 N–H and O–H groups in total. The zero-order valence-corrected chi connectivity index (χ0v) is 25.6. The molecule has 0 saturated heterocycles. The zero-order valence-electron chi connectivity index (χ0n) is 24.0. The number of nitrogens with one attached hydrogen (secondary N) is 1. The predicted molar refractivity (Wildman–Crippen MR) is 162 cm³/mol. The van der Waals surface area contributed by atoms with Gasteiger partial charge in [0.15, 0.2) is 5.78 Å². The molecule has 0 radical (unpaired) electrons. The normalized spacial score (nSPS) is 23.9. The Morgan fingerprint density at radius 2 is 2.00 bits per heavy atom. The van der Waals surface area contributed by atoms with E-state index in [-0.39, 0.29) is 28.6 Å². The summed E-state index contributed by atoms with van der Waals surface area (Å²) in [6.45, 7) is 6.86. The van der Waals surface area contributed by atoms with Gasteiger partial charge in [-0.2, -0.15) is 0 Å². The van der Waals surface area contributed by atoms with Gasteiger partial charge in [-0.3, -0.25) is 9.59 Å². The highest BCUT2D eigenvalue weighted by Crippen LogP contribution is 2.46. The lowest BCUT2D eigenvalue weighted by Crippen LogP contribution is -2.49. The molecular weight excluding hydrogens is 560 g/mol. The molecule has 1 aliphatic heterocycles. The molecule has 41 heavy (non-hydrogen) atoms. The number of carbonyl (C=O) groups excluding carboxylic acids is 2. The molecule has 3 aliphatic rings. The summed E-state index contributed by atoms with van der Waals surface area (Å²) < 4.78 is 33.5.